The lowest BCUT2D eigenvalue weighted by atomic mass is 10.1. The maximum Gasteiger partial charge on any atom is 0.243 e. The van der Waals surface area contributed by atoms with E-state index < -0.39 is 10.0 Å². The van der Waals surface area contributed by atoms with Crippen molar-refractivity contribution in [2.75, 3.05) is 0 Å². The quantitative estimate of drug-likeness (QED) is 0.809. The molecule has 0 amide bonds. The summed E-state index contributed by atoms with van der Waals surface area (Å²) in [6.45, 7) is 0. The Morgan fingerprint density at radius 1 is 0.941 bits per heavy atom. The molecular weight excluding hydrogens is 234 g/mol. The zero-order valence-electron chi connectivity index (χ0n) is 9.75. The molecule has 92 valence electrons. The molecule has 2 aliphatic rings. The molecule has 1 aromatic carbocycles. The van der Waals surface area contributed by atoms with Gasteiger partial charge >= 0.3 is 0 Å². The number of sulfonamides is 1. The van der Waals surface area contributed by atoms with E-state index in [1.165, 1.54) is 6.42 Å². The Morgan fingerprint density at radius 3 is 2.12 bits per heavy atom. The number of benzene rings is 1. The topological polar surface area (TPSA) is 37.4 Å². The molecule has 0 radical (unpaired) electrons. The fraction of sp³-hybridized carbons (Fsp3) is 0.538. The van der Waals surface area contributed by atoms with Crippen LogP contribution in [0.2, 0.25) is 0 Å². The molecule has 2 bridgehead atoms. The van der Waals surface area contributed by atoms with Gasteiger partial charge in [0.25, 0.3) is 0 Å². The average Bonchev–Trinajstić information content (AvgIpc) is 2.62. The molecule has 2 unspecified atom stereocenters. The van der Waals surface area contributed by atoms with Gasteiger partial charge in [-0.1, -0.05) is 24.6 Å². The highest BCUT2D eigenvalue weighted by Crippen LogP contribution is 2.39. The summed E-state index contributed by atoms with van der Waals surface area (Å²) in [6, 6.07) is 9.33. The van der Waals surface area contributed by atoms with Crippen molar-refractivity contribution in [3.05, 3.63) is 30.3 Å². The Balaban J connectivity index is 1.99. The second kappa shape index (κ2) is 4.10. The third kappa shape index (κ3) is 1.79. The van der Waals surface area contributed by atoms with Gasteiger partial charge in [0.2, 0.25) is 10.0 Å². The molecule has 2 aliphatic heterocycles. The summed E-state index contributed by atoms with van der Waals surface area (Å²) >= 11 is 0. The second-order valence-corrected chi connectivity index (χ2v) is 6.81. The lowest BCUT2D eigenvalue weighted by molar-refractivity contribution is 0.248. The smallest absolute Gasteiger partial charge is 0.207 e. The van der Waals surface area contributed by atoms with Crippen LogP contribution in [0.15, 0.2) is 35.2 Å². The van der Waals surface area contributed by atoms with E-state index in [1.54, 1.807) is 28.6 Å². The molecule has 0 saturated carbocycles. The lowest BCUT2D eigenvalue weighted by Crippen LogP contribution is -2.43. The zero-order chi connectivity index (χ0) is 11.9. The third-order valence-electron chi connectivity index (χ3n) is 3.95. The molecule has 3 rings (SSSR count). The molecule has 0 N–H and O–H groups in total. The minimum atomic E-state index is -3.26. The van der Waals surface area contributed by atoms with Crippen molar-refractivity contribution in [1.82, 2.24) is 4.31 Å². The fourth-order valence-corrected chi connectivity index (χ4v) is 5.13. The predicted molar refractivity (Wildman–Crippen MR) is 66.1 cm³/mol. The Kier molecular flexibility index (Phi) is 2.71. The van der Waals surface area contributed by atoms with Gasteiger partial charge in [-0.3, -0.25) is 0 Å². The van der Waals surface area contributed by atoms with Crippen molar-refractivity contribution in [2.45, 2.75) is 49.1 Å². The molecule has 0 aromatic heterocycles. The van der Waals surface area contributed by atoms with Gasteiger partial charge in [0.05, 0.1) is 4.90 Å². The summed E-state index contributed by atoms with van der Waals surface area (Å²) < 4.78 is 26.9. The van der Waals surface area contributed by atoms with Crippen LogP contribution in [0.4, 0.5) is 0 Å². The van der Waals surface area contributed by atoms with Crippen LogP contribution in [0.5, 0.6) is 0 Å². The first-order valence-corrected chi connectivity index (χ1v) is 7.72. The van der Waals surface area contributed by atoms with Crippen LogP contribution in [0.3, 0.4) is 0 Å². The molecular formula is C13H17NO2S. The predicted octanol–water partition coefficient (Wildman–Crippen LogP) is 2.39. The van der Waals surface area contributed by atoms with Gasteiger partial charge in [-0.15, -0.1) is 0 Å². The van der Waals surface area contributed by atoms with Gasteiger partial charge in [0.1, 0.15) is 0 Å². The summed E-state index contributed by atoms with van der Waals surface area (Å²) in [5, 5.41) is 0. The van der Waals surface area contributed by atoms with Crippen LogP contribution in [-0.2, 0) is 10.0 Å². The van der Waals surface area contributed by atoms with Gasteiger partial charge in [-0.25, -0.2) is 8.42 Å². The van der Waals surface area contributed by atoms with Crippen molar-refractivity contribution < 1.29 is 8.42 Å². The van der Waals surface area contributed by atoms with E-state index >= 15 is 0 Å². The molecule has 0 aliphatic carbocycles. The molecule has 2 atom stereocenters. The van der Waals surface area contributed by atoms with Gasteiger partial charge < -0.3 is 0 Å². The van der Waals surface area contributed by atoms with E-state index in [2.05, 4.69) is 0 Å². The fourth-order valence-electron chi connectivity index (χ4n) is 3.18. The van der Waals surface area contributed by atoms with Crippen LogP contribution in [0, 0.1) is 0 Å². The van der Waals surface area contributed by atoms with E-state index in [0.29, 0.717) is 4.90 Å². The Bertz CT molecular complexity index is 481. The summed E-state index contributed by atoms with van der Waals surface area (Å²) in [4.78, 5) is 0.443. The standard InChI is InChI=1S/C13H17NO2S/c15-17(16,13-7-2-1-3-8-13)14-11-5-4-6-12(14)10-9-11/h1-3,7-8,11-12H,4-6,9-10H2. The number of hydrogen-bond acceptors (Lipinski definition) is 2. The maximum absolute atomic E-state index is 12.6. The number of hydrogen-bond donors (Lipinski definition) is 0. The van der Waals surface area contributed by atoms with Crippen molar-refractivity contribution in [3.63, 3.8) is 0 Å². The number of nitrogens with zero attached hydrogens (tertiary/aromatic N) is 1. The molecule has 2 saturated heterocycles. The Morgan fingerprint density at radius 2 is 1.53 bits per heavy atom. The molecule has 0 spiro atoms. The van der Waals surface area contributed by atoms with Crippen molar-refractivity contribution in [1.29, 1.82) is 0 Å². The summed E-state index contributed by atoms with van der Waals surface area (Å²) in [6.07, 6.45) is 5.31. The molecule has 1 aromatic rings. The van der Waals surface area contributed by atoms with E-state index in [0.717, 1.165) is 25.7 Å². The summed E-state index contributed by atoms with van der Waals surface area (Å²) in [7, 11) is -3.26. The highest BCUT2D eigenvalue weighted by molar-refractivity contribution is 7.89. The third-order valence-corrected chi connectivity index (χ3v) is 5.97. The van der Waals surface area contributed by atoms with Gasteiger partial charge in [0.15, 0.2) is 0 Å². The SMILES string of the molecule is O=S(=O)(c1ccccc1)N1C2CCCC1CC2. The van der Waals surface area contributed by atoms with Crippen molar-refractivity contribution in [3.8, 4) is 0 Å². The average molecular weight is 251 g/mol. The first-order chi connectivity index (χ1) is 8.19. The van der Waals surface area contributed by atoms with Crippen LogP contribution >= 0.6 is 0 Å². The molecule has 2 fully saturated rings. The first kappa shape index (κ1) is 11.2. The highest BCUT2D eigenvalue weighted by atomic mass is 32.2. The van der Waals surface area contributed by atoms with E-state index in [-0.39, 0.29) is 12.1 Å². The van der Waals surface area contributed by atoms with Crippen molar-refractivity contribution >= 4 is 10.0 Å². The van der Waals surface area contributed by atoms with Crippen molar-refractivity contribution in [2.24, 2.45) is 0 Å². The number of piperidine rings is 1. The molecule has 17 heavy (non-hydrogen) atoms. The second-order valence-electron chi connectivity index (χ2n) is 4.96. The maximum atomic E-state index is 12.6. The highest BCUT2D eigenvalue weighted by Gasteiger charge is 2.43. The van der Waals surface area contributed by atoms with Crippen LogP contribution < -0.4 is 0 Å². The zero-order valence-corrected chi connectivity index (χ0v) is 10.6. The number of rotatable bonds is 2. The molecule has 4 heteroatoms. The van der Waals surface area contributed by atoms with Gasteiger partial charge in [-0.05, 0) is 37.8 Å². The summed E-state index contributed by atoms with van der Waals surface area (Å²) in [5.41, 5.74) is 0. The first-order valence-electron chi connectivity index (χ1n) is 6.28. The van der Waals surface area contributed by atoms with Crippen LogP contribution in [0.1, 0.15) is 32.1 Å². The minimum absolute atomic E-state index is 0.249. The van der Waals surface area contributed by atoms with Gasteiger partial charge in [0, 0.05) is 12.1 Å². The largest absolute Gasteiger partial charge is 0.243 e. The molecule has 3 nitrogen and oxygen atoms in total. The molecule has 2 heterocycles. The summed E-state index contributed by atoms with van der Waals surface area (Å²) in [5.74, 6) is 0. The minimum Gasteiger partial charge on any atom is -0.207 e. The number of fused-ring (bicyclic) bond motifs is 2. The monoisotopic (exact) mass is 251 g/mol. The van der Waals surface area contributed by atoms with E-state index in [4.69, 9.17) is 0 Å². The normalized spacial score (nSPS) is 29.4. The van der Waals surface area contributed by atoms with Gasteiger partial charge in [-0.2, -0.15) is 4.31 Å². The van der Waals surface area contributed by atoms with E-state index in [1.807, 2.05) is 6.07 Å². The Labute approximate surface area is 102 Å². The Hall–Kier alpha value is -0.870. The lowest BCUT2D eigenvalue weighted by Gasteiger charge is -2.33. The van der Waals surface area contributed by atoms with Crippen LogP contribution in [0.25, 0.3) is 0 Å². The van der Waals surface area contributed by atoms with Crippen LogP contribution in [-0.4, -0.2) is 24.8 Å². The van der Waals surface area contributed by atoms with E-state index in [9.17, 15) is 8.42 Å².